The van der Waals surface area contributed by atoms with Crippen LogP contribution in [-0.4, -0.2) is 126 Å². The number of nitrogen functional groups attached to an aromatic ring is 1. The second kappa shape index (κ2) is 17.4. The first-order chi connectivity index (χ1) is 32.3. The molecule has 8 aliphatic rings. The molecule has 0 radical (unpaired) electrons. The Morgan fingerprint density at radius 3 is 1.55 bits per heavy atom. The van der Waals surface area contributed by atoms with Gasteiger partial charge in [-0.25, -0.2) is 24.9 Å². The van der Waals surface area contributed by atoms with Crippen LogP contribution < -0.4 is 32.0 Å². The molecule has 3 N–H and O–H groups in total. The summed E-state index contributed by atoms with van der Waals surface area (Å²) in [6, 6.07) is 15.0. The van der Waals surface area contributed by atoms with Crippen molar-refractivity contribution in [1.29, 1.82) is 10.5 Å². The van der Waals surface area contributed by atoms with Gasteiger partial charge >= 0.3 is 0 Å². The van der Waals surface area contributed by atoms with Gasteiger partial charge in [-0.05, 0) is 101 Å². The average molecular weight is 921 g/mol. The zero-order chi connectivity index (χ0) is 46.6. The average Bonchev–Trinajstić information content (AvgIpc) is 3.27. The lowest BCUT2D eigenvalue weighted by molar-refractivity contribution is -0.0885. The molecule has 6 saturated carbocycles. The van der Waals surface area contributed by atoms with Gasteiger partial charge in [-0.2, -0.15) is 15.5 Å². The van der Waals surface area contributed by atoms with Gasteiger partial charge in [0, 0.05) is 81.8 Å². The third-order valence-electron chi connectivity index (χ3n) is 14.4. The Kier molecular flexibility index (Phi) is 11.4. The van der Waals surface area contributed by atoms with Crippen LogP contribution in [-0.2, 0) is 21.9 Å². The van der Waals surface area contributed by atoms with Gasteiger partial charge < -0.3 is 30.7 Å². The Balaban J connectivity index is 0.000000129. The lowest BCUT2D eigenvalue weighted by Gasteiger charge is -2.62. The van der Waals surface area contributed by atoms with Gasteiger partial charge in [0.2, 0.25) is 11.1 Å². The fraction of sp³-hybridized carbons (Fsp3) is 0.447. The highest BCUT2D eigenvalue weighted by Crippen LogP contribution is 2.63. The standard InChI is InChI=1S/C23H24N8O.C14H12N4O2S.C10H16N4/c1-29-4-6-30(7-5-29)18-2-3-19(25-14-18)27-22-26-13-17-8-16(12-24)21(32)31(20(17)28-22)23-9-15(10-23)11-23;1-21(20)13-16-7-10-2-9(6-15)12(19)18(11(10)17-13)14-3-8(4-14)5-14;1-13-4-6-14(7-5-13)9-2-3-10(11)12-8-9/h2-3,8,13-15H,4-7,9-11H2,1H3,(H,25,26,27,28);2,7-8H,3-5H2,1H3;2-3,8H,4-7H2,1H3,(H2,11,12). The molecule has 6 aromatic heterocycles. The Morgan fingerprint density at radius 2 is 1.13 bits per heavy atom. The van der Waals surface area contributed by atoms with Gasteiger partial charge in [0.1, 0.15) is 46.2 Å². The molecule has 6 aliphatic carbocycles. The number of nitrogens with zero attached hydrogens (tertiary/aromatic N) is 14. The Morgan fingerprint density at radius 1 is 0.657 bits per heavy atom. The Bertz CT molecular complexity index is 3080. The summed E-state index contributed by atoms with van der Waals surface area (Å²) in [6.45, 7) is 8.44. The normalized spacial score (nSPS) is 24.2. The van der Waals surface area contributed by atoms with Crippen LogP contribution in [0.15, 0.2) is 75.9 Å². The van der Waals surface area contributed by atoms with Crippen molar-refractivity contribution in [3.8, 4) is 12.1 Å². The van der Waals surface area contributed by atoms with Crippen molar-refractivity contribution in [1.82, 2.24) is 48.8 Å². The number of nitrogens with one attached hydrogen (secondary N) is 1. The Labute approximate surface area is 389 Å². The SMILES string of the molecule is CN1CCN(c2ccc(N)nc2)CC1.CN1CCN(c2ccc(Nc3ncc4cc(C#N)c(=O)n(C56CC(C5)C6)c4n3)nc2)CC1.CS(=O)c1ncc2cc(C#N)c(=O)n(C34CC(C3)C4)c2n1. The summed E-state index contributed by atoms with van der Waals surface area (Å²) in [4.78, 5) is 61.0. The van der Waals surface area contributed by atoms with Crippen molar-refractivity contribution < 1.29 is 4.21 Å². The van der Waals surface area contributed by atoms with Crippen LogP contribution in [0, 0.1) is 34.5 Å². The van der Waals surface area contributed by atoms with Crippen LogP contribution in [0.4, 0.5) is 29.0 Å². The number of likely N-dealkylation sites (N-methyl/N-ethyl adjacent to an activating group) is 2. The molecule has 0 aromatic carbocycles. The van der Waals surface area contributed by atoms with E-state index >= 15 is 0 Å². The number of nitriles is 2. The van der Waals surface area contributed by atoms with Crippen LogP contribution in [0.2, 0.25) is 0 Å². The summed E-state index contributed by atoms with van der Waals surface area (Å²) < 4.78 is 15.0. The van der Waals surface area contributed by atoms with Crippen LogP contribution in [0.5, 0.6) is 0 Å². The van der Waals surface area contributed by atoms with Gasteiger partial charge in [-0.15, -0.1) is 0 Å². The lowest BCUT2D eigenvalue weighted by Crippen LogP contribution is -2.62. The van der Waals surface area contributed by atoms with E-state index in [9.17, 15) is 19.1 Å². The number of rotatable bonds is 7. The van der Waals surface area contributed by atoms with Crippen molar-refractivity contribution in [2.75, 3.05) is 93.6 Å². The summed E-state index contributed by atoms with van der Waals surface area (Å²) in [5.41, 5.74) is 8.24. The van der Waals surface area contributed by atoms with Crippen molar-refractivity contribution in [2.24, 2.45) is 11.8 Å². The predicted molar refractivity (Wildman–Crippen MR) is 256 cm³/mol. The van der Waals surface area contributed by atoms with E-state index in [-0.39, 0.29) is 38.5 Å². The quantitative estimate of drug-likeness (QED) is 0.218. The van der Waals surface area contributed by atoms with Crippen LogP contribution in [0.3, 0.4) is 0 Å². The fourth-order valence-electron chi connectivity index (χ4n) is 10.3. The molecule has 1 unspecified atom stereocenters. The molecule has 0 spiro atoms. The van der Waals surface area contributed by atoms with E-state index in [1.807, 2.05) is 42.7 Å². The highest BCUT2D eigenvalue weighted by molar-refractivity contribution is 7.84. The third kappa shape index (κ3) is 8.23. The number of pyridine rings is 4. The maximum Gasteiger partial charge on any atom is 0.270 e. The fourth-order valence-corrected chi connectivity index (χ4v) is 10.7. The molecule has 2 aliphatic heterocycles. The number of nitrogens with two attached hydrogens (primary N) is 1. The smallest absolute Gasteiger partial charge is 0.270 e. The molecule has 8 heterocycles. The molecular formula is C47H52N16O3S. The zero-order valence-corrected chi connectivity index (χ0v) is 38.6. The summed E-state index contributed by atoms with van der Waals surface area (Å²) >= 11 is 0. The summed E-state index contributed by atoms with van der Waals surface area (Å²) in [7, 11) is 2.98. The van der Waals surface area contributed by atoms with Crippen molar-refractivity contribution in [2.45, 2.75) is 54.8 Å². The molecule has 19 nitrogen and oxygen atoms in total. The number of anilines is 5. The molecule has 344 valence electrons. The minimum absolute atomic E-state index is 0.112. The van der Waals surface area contributed by atoms with E-state index in [2.05, 4.69) is 75.0 Å². The van der Waals surface area contributed by atoms with Crippen LogP contribution >= 0.6 is 0 Å². The third-order valence-corrected chi connectivity index (χ3v) is 15.1. The Hall–Kier alpha value is -6.87. The first-order valence-corrected chi connectivity index (χ1v) is 24.2. The maximum atomic E-state index is 13.0. The topological polar surface area (TPSA) is 237 Å². The molecule has 2 saturated heterocycles. The maximum absolute atomic E-state index is 13.0. The molecule has 14 rings (SSSR count). The minimum Gasteiger partial charge on any atom is -0.384 e. The van der Waals surface area contributed by atoms with Crippen molar-refractivity contribution in [3.63, 3.8) is 0 Å². The van der Waals surface area contributed by atoms with Crippen LogP contribution in [0.1, 0.15) is 49.7 Å². The van der Waals surface area contributed by atoms with Crippen molar-refractivity contribution >= 4 is 61.8 Å². The number of piperazine rings is 2. The first-order valence-electron chi connectivity index (χ1n) is 22.7. The second-order valence-corrected chi connectivity index (χ2v) is 20.2. The molecule has 8 fully saturated rings. The van der Waals surface area contributed by atoms with E-state index in [4.69, 9.17) is 11.0 Å². The molecular weight excluding hydrogens is 869 g/mol. The van der Waals surface area contributed by atoms with E-state index in [1.54, 1.807) is 27.6 Å². The van der Waals surface area contributed by atoms with E-state index in [0.717, 1.165) is 96.6 Å². The van der Waals surface area contributed by atoms with Crippen molar-refractivity contribution in [3.05, 3.63) is 93.0 Å². The van der Waals surface area contributed by atoms with Gasteiger partial charge in [0.15, 0.2) is 0 Å². The highest BCUT2D eigenvalue weighted by Gasteiger charge is 2.60. The molecule has 6 aromatic rings. The molecule has 67 heavy (non-hydrogen) atoms. The minimum atomic E-state index is -1.31. The highest BCUT2D eigenvalue weighted by atomic mass is 32.2. The van der Waals surface area contributed by atoms with Crippen LogP contribution in [0.25, 0.3) is 22.1 Å². The number of hydrogen-bond donors (Lipinski definition) is 2. The largest absolute Gasteiger partial charge is 0.384 e. The number of fused-ring (bicyclic) bond motifs is 2. The van der Waals surface area contributed by atoms with Gasteiger partial charge in [0.25, 0.3) is 11.1 Å². The second-order valence-electron chi connectivity index (χ2n) is 18.9. The zero-order valence-electron chi connectivity index (χ0n) is 37.8. The molecule has 0 amide bonds. The summed E-state index contributed by atoms with van der Waals surface area (Å²) in [6.07, 6.45) is 14.3. The van der Waals surface area contributed by atoms with Gasteiger partial charge in [-0.1, -0.05) is 0 Å². The summed E-state index contributed by atoms with van der Waals surface area (Å²) in [5, 5.41) is 23.3. The first kappa shape index (κ1) is 44.0. The molecule has 1 atom stereocenters. The van der Waals surface area contributed by atoms with Gasteiger partial charge in [-0.3, -0.25) is 22.9 Å². The number of hydrogen-bond acceptors (Lipinski definition) is 17. The van der Waals surface area contributed by atoms with Gasteiger partial charge in [0.05, 0.1) is 45.6 Å². The van der Waals surface area contributed by atoms with E-state index < -0.39 is 10.8 Å². The monoisotopic (exact) mass is 920 g/mol. The molecule has 20 heteroatoms. The predicted octanol–water partition coefficient (Wildman–Crippen LogP) is 3.39. The van der Waals surface area contributed by atoms with E-state index in [0.29, 0.717) is 51.5 Å². The summed E-state index contributed by atoms with van der Waals surface area (Å²) in [5.74, 6) is 3.02. The molecule has 4 bridgehead atoms. The van der Waals surface area contributed by atoms with E-state index in [1.165, 1.54) is 18.0 Å². The number of aromatic nitrogens is 8. The lowest BCUT2D eigenvalue weighted by atomic mass is 9.49.